The van der Waals surface area contributed by atoms with Gasteiger partial charge in [-0.25, -0.2) is 0 Å². The fourth-order valence-corrected chi connectivity index (χ4v) is 6.04. The summed E-state index contributed by atoms with van der Waals surface area (Å²) in [4.78, 5) is 18.7. The summed E-state index contributed by atoms with van der Waals surface area (Å²) in [7, 11) is 0. The van der Waals surface area contributed by atoms with Gasteiger partial charge in [0.2, 0.25) is 0 Å². The first kappa shape index (κ1) is 14.5. The second-order valence-electron chi connectivity index (χ2n) is 4.92. The van der Waals surface area contributed by atoms with Crippen LogP contribution in [0.15, 0.2) is 57.9 Å². The molecule has 3 aromatic rings. The molecule has 0 radical (unpaired) electrons. The fraction of sp³-hybridized carbons (Fsp3) is 0.0588. The van der Waals surface area contributed by atoms with Crippen molar-refractivity contribution in [1.29, 1.82) is 0 Å². The second-order valence-corrected chi connectivity index (χ2v) is 8.94. The van der Waals surface area contributed by atoms with Gasteiger partial charge < -0.3 is 0 Å². The number of hydrogen-bond acceptors (Lipinski definition) is 3. The Labute approximate surface area is 146 Å². The molecule has 0 fully saturated rings. The van der Waals surface area contributed by atoms with E-state index in [4.69, 9.17) is 4.98 Å². The molecule has 1 aliphatic heterocycles. The van der Waals surface area contributed by atoms with Crippen LogP contribution in [0.4, 0.5) is 0 Å². The normalized spacial score (nSPS) is 13.4. The summed E-state index contributed by atoms with van der Waals surface area (Å²) in [6, 6.07) is 16.0. The van der Waals surface area contributed by atoms with Crippen LogP contribution in [0.25, 0.3) is 10.1 Å². The molecule has 0 unspecified atom stereocenters. The third-order valence-corrected chi connectivity index (χ3v) is 7.51. The summed E-state index contributed by atoms with van der Waals surface area (Å²) < 4.78 is 3.03. The van der Waals surface area contributed by atoms with Gasteiger partial charge in [0.15, 0.2) is 0 Å². The number of benzene rings is 2. The minimum absolute atomic E-state index is 0.0156. The number of nitrogens with zero attached hydrogens (tertiary/aromatic N) is 1. The van der Waals surface area contributed by atoms with Crippen LogP contribution in [0.2, 0.25) is 0 Å². The van der Waals surface area contributed by atoms with Crippen molar-refractivity contribution in [1.82, 2.24) is 4.98 Å². The van der Waals surface area contributed by atoms with E-state index in [0.29, 0.717) is 0 Å². The summed E-state index contributed by atoms with van der Waals surface area (Å²) in [5.74, 6) is 0.936. The van der Waals surface area contributed by atoms with E-state index in [-0.39, 0.29) is 20.3 Å². The number of aromatic nitrogens is 1. The van der Waals surface area contributed by atoms with Crippen LogP contribution in [0, 0.1) is 0 Å². The van der Waals surface area contributed by atoms with E-state index >= 15 is 0 Å². The topological polar surface area (TPSA) is 30.0 Å². The molecule has 0 aliphatic carbocycles. The fourth-order valence-electron chi connectivity index (χ4n) is 2.39. The maximum atomic E-state index is 12.8. The van der Waals surface area contributed by atoms with E-state index in [1.165, 1.54) is 0 Å². The van der Waals surface area contributed by atoms with Crippen LogP contribution < -0.4 is 0 Å². The zero-order valence-corrected chi connectivity index (χ0v) is 15.5. The molecule has 0 saturated carbocycles. The van der Waals surface area contributed by atoms with E-state index in [9.17, 15) is 4.79 Å². The Hall–Kier alpha value is -1.13. The Balaban J connectivity index is 1.80. The summed E-state index contributed by atoms with van der Waals surface area (Å²) >= 11 is 5.14. The SMILES string of the molecule is O=C1c2ccccc2SCc2nc(-c3ccc(Br)cc3)[se]c21. The van der Waals surface area contributed by atoms with E-state index in [1.54, 1.807) is 11.8 Å². The summed E-state index contributed by atoms with van der Waals surface area (Å²) in [5, 5.41) is 0. The molecule has 2 nitrogen and oxygen atoms in total. The predicted octanol–water partition coefficient (Wildman–Crippen LogP) is 4.40. The van der Waals surface area contributed by atoms with Gasteiger partial charge in [0, 0.05) is 0 Å². The average molecular weight is 435 g/mol. The molecule has 0 atom stereocenters. The number of ketones is 1. The van der Waals surface area contributed by atoms with Gasteiger partial charge in [0.25, 0.3) is 0 Å². The van der Waals surface area contributed by atoms with Crippen molar-refractivity contribution >= 4 is 48.0 Å². The van der Waals surface area contributed by atoms with E-state index in [0.717, 1.165) is 40.9 Å². The van der Waals surface area contributed by atoms with Crippen LogP contribution in [0.1, 0.15) is 20.5 Å². The molecule has 0 amide bonds. The van der Waals surface area contributed by atoms with Gasteiger partial charge in [-0.05, 0) is 0 Å². The quantitative estimate of drug-likeness (QED) is 0.531. The second kappa shape index (κ2) is 5.82. The zero-order valence-electron chi connectivity index (χ0n) is 11.4. The maximum absolute atomic E-state index is 12.8. The van der Waals surface area contributed by atoms with Crippen molar-refractivity contribution in [3.05, 3.63) is 68.7 Å². The van der Waals surface area contributed by atoms with Gasteiger partial charge in [-0.2, -0.15) is 0 Å². The number of hydrogen-bond donors (Lipinski definition) is 0. The van der Waals surface area contributed by atoms with Gasteiger partial charge in [0.1, 0.15) is 0 Å². The predicted molar refractivity (Wildman–Crippen MR) is 93.7 cm³/mol. The Morgan fingerprint density at radius 3 is 2.68 bits per heavy atom. The Kier molecular flexibility index (Phi) is 3.82. The van der Waals surface area contributed by atoms with E-state index in [1.807, 2.05) is 36.4 Å². The van der Waals surface area contributed by atoms with Crippen molar-refractivity contribution in [2.24, 2.45) is 0 Å². The third-order valence-electron chi connectivity index (χ3n) is 3.49. The first-order valence-corrected chi connectivity index (χ1v) is 10.2. The van der Waals surface area contributed by atoms with Gasteiger partial charge in [0.05, 0.1) is 0 Å². The number of rotatable bonds is 1. The summed E-state index contributed by atoms with van der Waals surface area (Å²) in [6.07, 6.45) is 0. The molecule has 2 aromatic carbocycles. The monoisotopic (exact) mass is 435 g/mol. The molecule has 2 heterocycles. The Morgan fingerprint density at radius 1 is 1.09 bits per heavy atom. The van der Waals surface area contributed by atoms with Gasteiger partial charge in [-0.1, -0.05) is 0 Å². The Morgan fingerprint density at radius 2 is 1.86 bits per heavy atom. The number of thioether (sulfide) groups is 1. The average Bonchev–Trinajstić information content (AvgIpc) is 2.92. The van der Waals surface area contributed by atoms with Gasteiger partial charge >= 0.3 is 147 Å². The number of carbonyl (C=O) groups is 1. The molecular weight excluding hydrogens is 425 g/mol. The molecule has 4 rings (SSSR count). The minimum atomic E-state index is -0.0156. The first-order valence-electron chi connectivity index (χ1n) is 6.74. The zero-order chi connectivity index (χ0) is 15.1. The standard InChI is InChI=1S/C17H10BrNOSSe/c18-11-7-5-10(6-8-11)17-19-13-9-21-14-4-2-1-3-12(14)15(20)16(13)22-17/h1-8H,9H2. The van der Waals surface area contributed by atoms with Gasteiger partial charge in [-0.3, -0.25) is 0 Å². The molecule has 108 valence electrons. The van der Waals surface area contributed by atoms with Crippen molar-refractivity contribution in [2.75, 3.05) is 0 Å². The molecule has 5 heteroatoms. The van der Waals surface area contributed by atoms with E-state index in [2.05, 4.69) is 28.1 Å². The molecule has 0 spiro atoms. The van der Waals surface area contributed by atoms with E-state index < -0.39 is 0 Å². The third kappa shape index (κ3) is 2.52. The van der Waals surface area contributed by atoms with Crippen LogP contribution in [0.5, 0.6) is 0 Å². The van der Waals surface area contributed by atoms with Crippen molar-refractivity contribution < 1.29 is 4.79 Å². The van der Waals surface area contributed by atoms with Crippen LogP contribution in [-0.2, 0) is 5.75 Å². The van der Waals surface area contributed by atoms with Crippen molar-refractivity contribution in [3.63, 3.8) is 0 Å². The van der Waals surface area contributed by atoms with Crippen LogP contribution in [0.3, 0.4) is 0 Å². The van der Waals surface area contributed by atoms with Crippen molar-refractivity contribution in [3.8, 4) is 10.1 Å². The van der Waals surface area contributed by atoms with Crippen molar-refractivity contribution in [2.45, 2.75) is 10.6 Å². The Bertz CT molecular complexity index is 873. The van der Waals surface area contributed by atoms with Gasteiger partial charge in [-0.15, -0.1) is 0 Å². The van der Waals surface area contributed by atoms with Crippen LogP contribution >= 0.6 is 27.7 Å². The molecule has 1 aromatic heterocycles. The summed E-state index contributed by atoms with van der Waals surface area (Å²) in [6.45, 7) is 0. The number of fused-ring (bicyclic) bond motifs is 2. The molecule has 22 heavy (non-hydrogen) atoms. The first-order chi connectivity index (χ1) is 10.7. The molecule has 0 saturated heterocycles. The molecule has 0 N–H and O–H groups in total. The number of halogens is 1. The molecular formula is C17H10BrNOSSe. The molecule has 0 bridgehead atoms. The number of carbonyl (C=O) groups excluding carboxylic acids is 1. The van der Waals surface area contributed by atoms with Crippen LogP contribution in [-0.4, -0.2) is 25.3 Å². The summed E-state index contributed by atoms with van der Waals surface area (Å²) in [5.41, 5.74) is 2.90. The molecule has 1 aliphatic rings.